The third-order valence-corrected chi connectivity index (χ3v) is 3.08. The van der Waals surface area contributed by atoms with Gasteiger partial charge in [0.05, 0.1) is 6.42 Å². The second kappa shape index (κ2) is 17.2. The van der Waals surface area contributed by atoms with Gasteiger partial charge in [-0.05, 0) is 0 Å². The van der Waals surface area contributed by atoms with Gasteiger partial charge in [-0.2, -0.15) is 0 Å². The van der Waals surface area contributed by atoms with E-state index in [1.165, 1.54) is 0 Å². The molecule has 0 aromatic rings. The van der Waals surface area contributed by atoms with E-state index in [4.69, 9.17) is 26.8 Å². The monoisotopic (exact) mass is 348 g/mol. The highest BCUT2D eigenvalue weighted by Gasteiger charge is 2.16. The van der Waals surface area contributed by atoms with Crippen molar-refractivity contribution in [3.63, 3.8) is 0 Å². The number of carbonyl (C=O) groups is 2. The number of hydrogen-bond donors (Lipinski definition) is 5. The van der Waals surface area contributed by atoms with Gasteiger partial charge in [-0.3, -0.25) is 13.2 Å². The van der Waals surface area contributed by atoms with Crippen molar-refractivity contribution in [1.29, 1.82) is 0 Å². The standard InChI is InChI=1S/C4H6O5.2C3H9NOS/c5-2(4(8)9)1-3(6)7;2*1-6(5)3-2-4/h2,5H,1H2,(H,6,7)(H,8,9);2*2-4H2,1H3. The minimum atomic E-state index is -1.79. The zero-order valence-corrected chi connectivity index (χ0v) is 13.7. The second-order valence-electron chi connectivity index (χ2n) is 3.58. The first-order valence-corrected chi connectivity index (χ1v) is 9.16. The van der Waals surface area contributed by atoms with Gasteiger partial charge in [0.25, 0.3) is 0 Å². The molecule has 11 heteroatoms. The van der Waals surface area contributed by atoms with Gasteiger partial charge in [0.15, 0.2) is 6.10 Å². The smallest absolute Gasteiger partial charge is 0.333 e. The Kier molecular flexibility index (Phi) is 20.5. The Morgan fingerprint density at radius 2 is 1.33 bits per heavy atom. The van der Waals surface area contributed by atoms with Gasteiger partial charge in [-0.15, -0.1) is 0 Å². The van der Waals surface area contributed by atoms with Crippen molar-refractivity contribution in [2.45, 2.75) is 12.5 Å². The number of hydrogen-bond acceptors (Lipinski definition) is 7. The van der Waals surface area contributed by atoms with Crippen LogP contribution in [-0.4, -0.2) is 78.9 Å². The Morgan fingerprint density at radius 3 is 1.38 bits per heavy atom. The summed E-state index contributed by atoms with van der Waals surface area (Å²) in [6.45, 7) is 1.06. The summed E-state index contributed by atoms with van der Waals surface area (Å²) in [7, 11) is -1.38. The molecule has 3 unspecified atom stereocenters. The highest BCUT2D eigenvalue weighted by molar-refractivity contribution is 7.84. The van der Waals surface area contributed by atoms with Gasteiger partial charge in [0, 0.05) is 58.7 Å². The van der Waals surface area contributed by atoms with E-state index in [0.717, 1.165) is 0 Å². The van der Waals surface area contributed by atoms with Crippen LogP contribution in [0, 0.1) is 0 Å². The molecule has 0 aromatic heterocycles. The van der Waals surface area contributed by atoms with Gasteiger partial charge in [0.1, 0.15) is 0 Å². The summed E-state index contributed by atoms with van der Waals surface area (Å²) in [6.07, 6.45) is 0.747. The Labute approximate surface area is 128 Å². The van der Waals surface area contributed by atoms with Crippen molar-refractivity contribution in [2.24, 2.45) is 11.5 Å². The van der Waals surface area contributed by atoms with Crippen LogP contribution >= 0.6 is 0 Å². The molecule has 0 aliphatic carbocycles. The van der Waals surface area contributed by atoms with E-state index in [1.54, 1.807) is 12.5 Å². The SMILES string of the molecule is CS(=O)CCN.CS(=O)CCN.O=C(O)CC(O)C(=O)O. The molecule has 9 nitrogen and oxygen atoms in total. The van der Waals surface area contributed by atoms with Crippen molar-refractivity contribution >= 4 is 33.5 Å². The van der Waals surface area contributed by atoms with Gasteiger partial charge in [0.2, 0.25) is 0 Å². The summed E-state index contributed by atoms with van der Waals surface area (Å²) in [5.41, 5.74) is 10.1. The Balaban J connectivity index is -0.000000240. The summed E-state index contributed by atoms with van der Waals surface area (Å²) in [4.78, 5) is 19.4. The number of carboxylic acids is 2. The number of rotatable bonds is 7. The van der Waals surface area contributed by atoms with Crippen LogP contribution in [-0.2, 0) is 31.2 Å². The molecule has 0 radical (unpaired) electrons. The predicted molar refractivity (Wildman–Crippen MR) is 81.9 cm³/mol. The van der Waals surface area contributed by atoms with Crippen LogP contribution in [0.15, 0.2) is 0 Å². The molecule has 0 saturated carbocycles. The van der Waals surface area contributed by atoms with E-state index in [9.17, 15) is 18.0 Å². The van der Waals surface area contributed by atoms with Crippen molar-refractivity contribution in [1.82, 2.24) is 0 Å². The first kappa shape index (κ1) is 25.1. The normalized spacial score (nSPS) is 13.6. The van der Waals surface area contributed by atoms with Crippen LogP contribution in [0.4, 0.5) is 0 Å². The summed E-state index contributed by atoms with van der Waals surface area (Å²) < 4.78 is 20.1. The van der Waals surface area contributed by atoms with Crippen molar-refractivity contribution in [2.75, 3.05) is 37.1 Å². The molecule has 0 bridgehead atoms. The molecular formula is C10H24N2O7S2. The van der Waals surface area contributed by atoms with Crippen LogP contribution in [0.5, 0.6) is 0 Å². The fourth-order valence-electron chi connectivity index (χ4n) is 0.585. The van der Waals surface area contributed by atoms with Crippen LogP contribution in [0.3, 0.4) is 0 Å². The minimum absolute atomic E-state index is 0.531. The molecule has 0 saturated heterocycles. The van der Waals surface area contributed by atoms with Crippen LogP contribution < -0.4 is 11.5 Å². The number of aliphatic hydroxyl groups is 1. The van der Waals surface area contributed by atoms with Crippen molar-refractivity contribution < 1.29 is 33.3 Å². The molecule has 0 heterocycles. The molecule has 0 fully saturated rings. The molecule has 7 N–H and O–H groups in total. The zero-order chi connectivity index (χ0) is 17.4. The predicted octanol–water partition coefficient (Wildman–Crippen LogP) is -2.45. The molecule has 21 heavy (non-hydrogen) atoms. The lowest BCUT2D eigenvalue weighted by atomic mass is 10.3. The molecular weight excluding hydrogens is 324 g/mol. The third-order valence-electron chi connectivity index (χ3n) is 1.46. The summed E-state index contributed by atoms with van der Waals surface area (Å²) in [6, 6.07) is 0. The average Bonchev–Trinajstić information content (AvgIpc) is 2.28. The van der Waals surface area contributed by atoms with E-state index in [1.807, 2.05) is 0 Å². The molecule has 0 rings (SSSR count). The number of aliphatic hydroxyl groups excluding tert-OH is 1. The Hall–Kier alpha value is -0.880. The maximum atomic E-state index is 10.1. The number of carboxylic acid groups (broad SMARTS) is 2. The maximum Gasteiger partial charge on any atom is 0.333 e. The van der Waals surface area contributed by atoms with Crippen LogP contribution in [0.1, 0.15) is 6.42 Å². The lowest BCUT2D eigenvalue weighted by Gasteiger charge is -1.97. The average molecular weight is 348 g/mol. The highest BCUT2D eigenvalue weighted by Crippen LogP contribution is 1.89. The highest BCUT2D eigenvalue weighted by atomic mass is 32.2. The van der Waals surface area contributed by atoms with E-state index in [2.05, 4.69) is 0 Å². The summed E-state index contributed by atoms with van der Waals surface area (Å²) in [5.74, 6) is -1.60. The fourth-order valence-corrected chi connectivity index (χ4v) is 1.25. The van der Waals surface area contributed by atoms with Crippen molar-refractivity contribution in [3.8, 4) is 0 Å². The molecule has 0 spiro atoms. The maximum absolute atomic E-state index is 10.1. The zero-order valence-electron chi connectivity index (χ0n) is 12.1. The van der Waals surface area contributed by atoms with Crippen LogP contribution in [0.25, 0.3) is 0 Å². The number of aliphatic carboxylic acids is 2. The molecule has 0 aliphatic rings. The minimum Gasteiger partial charge on any atom is -0.481 e. The van der Waals surface area contributed by atoms with Gasteiger partial charge >= 0.3 is 11.9 Å². The topological polar surface area (TPSA) is 181 Å². The third kappa shape index (κ3) is 32.6. The molecule has 0 aromatic carbocycles. The first-order chi connectivity index (χ1) is 9.58. The fraction of sp³-hybridized carbons (Fsp3) is 0.800. The van der Waals surface area contributed by atoms with Gasteiger partial charge in [-0.1, -0.05) is 0 Å². The first-order valence-electron chi connectivity index (χ1n) is 5.71. The van der Waals surface area contributed by atoms with Gasteiger partial charge < -0.3 is 26.8 Å². The molecule has 0 amide bonds. The molecule has 128 valence electrons. The van der Waals surface area contributed by atoms with E-state index in [0.29, 0.717) is 24.6 Å². The van der Waals surface area contributed by atoms with E-state index in [-0.39, 0.29) is 0 Å². The number of nitrogens with two attached hydrogens (primary N) is 2. The lowest BCUT2D eigenvalue weighted by Crippen LogP contribution is -2.22. The summed E-state index contributed by atoms with van der Waals surface area (Å²) in [5, 5.41) is 24.1. The van der Waals surface area contributed by atoms with Crippen molar-refractivity contribution in [3.05, 3.63) is 0 Å². The molecule has 3 atom stereocenters. The summed E-state index contributed by atoms with van der Waals surface area (Å²) >= 11 is 0. The van der Waals surface area contributed by atoms with Gasteiger partial charge in [-0.25, -0.2) is 4.79 Å². The van der Waals surface area contributed by atoms with Crippen LogP contribution in [0.2, 0.25) is 0 Å². The quantitative estimate of drug-likeness (QED) is 0.333. The van der Waals surface area contributed by atoms with E-state index >= 15 is 0 Å². The van der Waals surface area contributed by atoms with E-state index < -0.39 is 46.1 Å². The Bertz CT molecular complexity index is 323. The Morgan fingerprint density at radius 1 is 1.00 bits per heavy atom. The largest absolute Gasteiger partial charge is 0.481 e. The molecule has 0 aliphatic heterocycles. The lowest BCUT2D eigenvalue weighted by molar-refractivity contribution is -0.152. The second-order valence-corrected chi connectivity index (χ2v) is 6.69.